The lowest BCUT2D eigenvalue weighted by Crippen LogP contribution is -2.12. The highest BCUT2D eigenvalue weighted by molar-refractivity contribution is 6.02. The van der Waals surface area contributed by atoms with Gasteiger partial charge in [-0.1, -0.05) is 23.4 Å². The van der Waals surface area contributed by atoms with E-state index >= 15 is 0 Å². The van der Waals surface area contributed by atoms with Gasteiger partial charge in [-0.25, -0.2) is 13.5 Å². The Morgan fingerprint density at radius 2 is 1.82 bits per heavy atom. The summed E-state index contributed by atoms with van der Waals surface area (Å²) in [7, 11) is 0. The highest BCUT2D eigenvalue weighted by Crippen LogP contribution is 2.14. The van der Waals surface area contributed by atoms with Crippen molar-refractivity contribution in [2.24, 2.45) is 0 Å². The van der Waals surface area contributed by atoms with Crippen molar-refractivity contribution in [2.45, 2.75) is 0 Å². The average molecular weight is 300 g/mol. The first-order valence-electron chi connectivity index (χ1n) is 6.37. The molecule has 2 aromatic carbocycles. The minimum Gasteiger partial charge on any atom is -0.320 e. The predicted octanol–water partition coefficient (Wildman–Crippen LogP) is 2.80. The van der Waals surface area contributed by atoms with Crippen molar-refractivity contribution in [3.63, 3.8) is 0 Å². The second kappa shape index (κ2) is 5.72. The SMILES string of the molecule is O=C(Nc1ccc(F)c(F)c1)c1cn(-c2ccccc2)nn1. The fourth-order valence-electron chi connectivity index (χ4n) is 1.84. The summed E-state index contributed by atoms with van der Waals surface area (Å²) in [5.74, 6) is -2.58. The van der Waals surface area contributed by atoms with Crippen molar-refractivity contribution in [1.82, 2.24) is 15.0 Å². The van der Waals surface area contributed by atoms with Gasteiger partial charge >= 0.3 is 0 Å². The summed E-state index contributed by atoms with van der Waals surface area (Å²) in [6, 6.07) is 12.2. The van der Waals surface area contributed by atoms with Gasteiger partial charge in [-0.05, 0) is 24.3 Å². The number of hydrogen-bond donors (Lipinski definition) is 1. The molecular formula is C15H10F2N4O. The number of halogens is 2. The van der Waals surface area contributed by atoms with E-state index in [0.717, 1.165) is 17.8 Å². The Morgan fingerprint density at radius 1 is 1.05 bits per heavy atom. The number of anilines is 1. The summed E-state index contributed by atoms with van der Waals surface area (Å²) in [5, 5.41) is 10.0. The van der Waals surface area contributed by atoms with Crippen LogP contribution in [-0.2, 0) is 0 Å². The predicted molar refractivity (Wildman–Crippen MR) is 75.7 cm³/mol. The van der Waals surface area contributed by atoms with E-state index < -0.39 is 17.5 Å². The number of carbonyl (C=O) groups is 1. The normalized spacial score (nSPS) is 10.5. The van der Waals surface area contributed by atoms with Crippen LogP contribution < -0.4 is 5.32 Å². The van der Waals surface area contributed by atoms with Gasteiger partial charge in [0.05, 0.1) is 11.9 Å². The van der Waals surface area contributed by atoms with Crippen molar-refractivity contribution in [2.75, 3.05) is 5.32 Å². The van der Waals surface area contributed by atoms with E-state index in [-0.39, 0.29) is 11.4 Å². The maximum Gasteiger partial charge on any atom is 0.277 e. The van der Waals surface area contributed by atoms with E-state index in [1.165, 1.54) is 16.9 Å². The molecule has 0 saturated heterocycles. The first kappa shape index (κ1) is 13.9. The summed E-state index contributed by atoms with van der Waals surface area (Å²) >= 11 is 0. The molecular weight excluding hydrogens is 290 g/mol. The second-order valence-corrected chi connectivity index (χ2v) is 4.47. The number of nitrogens with one attached hydrogen (secondary N) is 1. The minimum atomic E-state index is -1.04. The fourth-order valence-corrected chi connectivity index (χ4v) is 1.84. The Bertz CT molecular complexity index is 817. The van der Waals surface area contributed by atoms with Crippen LogP contribution in [0.4, 0.5) is 14.5 Å². The lowest BCUT2D eigenvalue weighted by atomic mass is 10.3. The quantitative estimate of drug-likeness (QED) is 0.809. The summed E-state index contributed by atoms with van der Waals surface area (Å²) in [6.07, 6.45) is 1.45. The van der Waals surface area contributed by atoms with E-state index in [1.807, 2.05) is 30.3 Å². The lowest BCUT2D eigenvalue weighted by Gasteiger charge is -2.03. The van der Waals surface area contributed by atoms with Gasteiger partial charge in [0, 0.05) is 11.8 Å². The number of amides is 1. The van der Waals surface area contributed by atoms with Crippen molar-refractivity contribution in [1.29, 1.82) is 0 Å². The number of rotatable bonds is 3. The molecule has 1 N–H and O–H groups in total. The van der Waals surface area contributed by atoms with Gasteiger partial charge in [0.15, 0.2) is 17.3 Å². The molecule has 5 nitrogen and oxygen atoms in total. The molecule has 3 aromatic rings. The number of benzene rings is 2. The molecule has 0 aliphatic heterocycles. The van der Waals surface area contributed by atoms with Gasteiger partial charge in [0.25, 0.3) is 5.91 Å². The Hall–Kier alpha value is -3.09. The molecule has 0 saturated carbocycles. The third kappa shape index (κ3) is 2.83. The standard InChI is InChI=1S/C15H10F2N4O/c16-12-7-6-10(8-13(12)17)18-15(22)14-9-21(20-19-14)11-4-2-1-3-5-11/h1-9H,(H,18,22). The highest BCUT2D eigenvalue weighted by atomic mass is 19.2. The minimum absolute atomic E-state index is 0.0635. The molecule has 22 heavy (non-hydrogen) atoms. The van der Waals surface area contributed by atoms with E-state index in [1.54, 1.807) is 0 Å². The lowest BCUT2D eigenvalue weighted by molar-refractivity contribution is 0.102. The molecule has 0 aliphatic carbocycles. The molecule has 0 fully saturated rings. The first-order valence-corrected chi connectivity index (χ1v) is 6.37. The highest BCUT2D eigenvalue weighted by Gasteiger charge is 2.13. The van der Waals surface area contributed by atoms with Gasteiger partial charge in [-0.3, -0.25) is 4.79 Å². The van der Waals surface area contributed by atoms with E-state index in [0.29, 0.717) is 0 Å². The molecule has 1 amide bonds. The Balaban J connectivity index is 1.78. The van der Waals surface area contributed by atoms with Crippen molar-refractivity contribution < 1.29 is 13.6 Å². The van der Waals surface area contributed by atoms with Crippen LogP contribution in [0.2, 0.25) is 0 Å². The number of hydrogen-bond acceptors (Lipinski definition) is 3. The van der Waals surface area contributed by atoms with Crippen LogP contribution in [0.1, 0.15) is 10.5 Å². The van der Waals surface area contributed by atoms with Crippen molar-refractivity contribution in [3.05, 3.63) is 72.1 Å². The molecule has 0 radical (unpaired) electrons. The molecule has 7 heteroatoms. The zero-order valence-electron chi connectivity index (χ0n) is 11.2. The van der Waals surface area contributed by atoms with Crippen LogP contribution in [0.15, 0.2) is 54.7 Å². The maximum absolute atomic E-state index is 13.1. The fraction of sp³-hybridized carbons (Fsp3) is 0. The first-order chi connectivity index (χ1) is 10.6. The molecule has 110 valence electrons. The van der Waals surface area contributed by atoms with Gasteiger partial charge in [0.1, 0.15) is 0 Å². The smallest absolute Gasteiger partial charge is 0.277 e. The summed E-state index contributed by atoms with van der Waals surface area (Å²) in [4.78, 5) is 12.0. The van der Waals surface area contributed by atoms with Gasteiger partial charge < -0.3 is 5.32 Å². The molecule has 0 unspecified atom stereocenters. The molecule has 3 rings (SSSR count). The number of carbonyl (C=O) groups excluding carboxylic acids is 1. The van der Waals surface area contributed by atoms with Gasteiger partial charge in [0.2, 0.25) is 0 Å². The molecule has 0 aliphatic rings. The Morgan fingerprint density at radius 3 is 2.55 bits per heavy atom. The zero-order chi connectivity index (χ0) is 15.5. The van der Waals surface area contributed by atoms with E-state index in [2.05, 4.69) is 15.6 Å². The van der Waals surface area contributed by atoms with Crippen LogP contribution in [0, 0.1) is 11.6 Å². The Kier molecular flexibility index (Phi) is 3.61. The van der Waals surface area contributed by atoms with Gasteiger partial charge in [-0.2, -0.15) is 0 Å². The summed E-state index contributed by atoms with van der Waals surface area (Å²) in [5.41, 5.74) is 0.952. The topological polar surface area (TPSA) is 59.8 Å². The molecule has 0 spiro atoms. The molecule has 1 heterocycles. The molecule has 0 bridgehead atoms. The van der Waals surface area contributed by atoms with Crippen molar-refractivity contribution in [3.8, 4) is 5.69 Å². The monoisotopic (exact) mass is 300 g/mol. The van der Waals surface area contributed by atoms with E-state index in [4.69, 9.17) is 0 Å². The largest absolute Gasteiger partial charge is 0.320 e. The summed E-state index contributed by atoms with van der Waals surface area (Å²) in [6.45, 7) is 0. The van der Waals surface area contributed by atoms with E-state index in [9.17, 15) is 13.6 Å². The number of nitrogens with zero attached hydrogens (tertiary/aromatic N) is 3. The Labute approximate surface area is 124 Å². The molecule has 0 atom stereocenters. The van der Waals surface area contributed by atoms with Crippen LogP contribution in [0.3, 0.4) is 0 Å². The van der Waals surface area contributed by atoms with Gasteiger partial charge in [-0.15, -0.1) is 5.10 Å². The number of para-hydroxylation sites is 1. The van der Waals surface area contributed by atoms with Crippen LogP contribution in [0.25, 0.3) is 5.69 Å². The van der Waals surface area contributed by atoms with Crippen molar-refractivity contribution >= 4 is 11.6 Å². The third-order valence-corrected chi connectivity index (χ3v) is 2.92. The van der Waals surface area contributed by atoms with Crippen LogP contribution >= 0.6 is 0 Å². The maximum atomic E-state index is 13.1. The van der Waals surface area contributed by atoms with Crippen LogP contribution in [0.5, 0.6) is 0 Å². The third-order valence-electron chi connectivity index (χ3n) is 2.92. The second-order valence-electron chi connectivity index (χ2n) is 4.47. The van der Waals surface area contributed by atoms with Crippen LogP contribution in [-0.4, -0.2) is 20.9 Å². The zero-order valence-corrected chi connectivity index (χ0v) is 11.2. The molecule has 1 aromatic heterocycles. The number of aromatic nitrogens is 3. The summed E-state index contributed by atoms with van der Waals surface area (Å²) < 4.78 is 27.4. The average Bonchev–Trinajstić information content (AvgIpc) is 3.02.